The number of methoxy groups -OCH3 is 1. The molecule has 2 rings (SSSR count). The summed E-state index contributed by atoms with van der Waals surface area (Å²) in [5.74, 6) is 1.42. The van der Waals surface area contributed by atoms with Crippen molar-refractivity contribution in [2.75, 3.05) is 7.11 Å². The molecule has 0 heterocycles. The molecular weight excluding hydrogens is 192 g/mol. The van der Waals surface area contributed by atoms with Crippen LogP contribution in [0.1, 0.15) is 38.5 Å². The predicted octanol–water partition coefficient (Wildman–Crippen LogP) is 1.94. The van der Waals surface area contributed by atoms with E-state index >= 15 is 0 Å². The lowest BCUT2D eigenvalue weighted by atomic mass is 9.76. The second kappa shape index (κ2) is 4.33. The number of hydrogen-bond acceptors (Lipinski definition) is 3. The summed E-state index contributed by atoms with van der Waals surface area (Å²) in [5.41, 5.74) is 0. The van der Waals surface area contributed by atoms with Gasteiger partial charge in [-0.05, 0) is 37.5 Å². The van der Waals surface area contributed by atoms with Gasteiger partial charge < -0.3 is 4.74 Å². The fourth-order valence-corrected chi connectivity index (χ4v) is 3.24. The van der Waals surface area contributed by atoms with Crippen LogP contribution in [0.5, 0.6) is 0 Å². The van der Waals surface area contributed by atoms with E-state index in [1.807, 2.05) is 0 Å². The van der Waals surface area contributed by atoms with Gasteiger partial charge in [0.2, 0.25) is 0 Å². The zero-order chi connectivity index (χ0) is 10.8. The van der Waals surface area contributed by atoms with E-state index in [1.54, 1.807) is 0 Å². The number of carbonyl (C=O) groups excluding carboxylic acids is 2. The van der Waals surface area contributed by atoms with Gasteiger partial charge in [-0.15, -0.1) is 0 Å². The third kappa shape index (κ3) is 2.06. The zero-order valence-electron chi connectivity index (χ0n) is 9.20. The molecule has 0 aromatic rings. The van der Waals surface area contributed by atoms with Gasteiger partial charge in [-0.2, -0.15) is 0 Å². The highest BCUT2D eigenvalue weighted by Gasteiger charge is 2.42. The third-order valence-electron chi connectivity index (χ3n) is 4.00. The lowest BCUT2D eigenvalue weighted by Crippen LogP contribution is -2.28. The highest BCUT2D eigenvalue weighted by atomic mass is 16.5. The standard InChI is InChI=1S/C12H18O3/c1-15-12(14)7-8-5-6-10-9(8)3-2-4-11(10)13/h8-10H,2-7H2,1H3/t8?,9-,10+/m0/s1. The van der Waals surface area contributed by atoms with Gasteiger partial charge in [0.1, 0.15) is 5.78 Å². The Kier molecular flexibility index (Phi) is 3.08. The third-order valence-corrected chi connectivity index (χ3v) is 4.00. The van der Waals surface area contributed by atoms with Crippen molar-refractivity contribution in [3.8, 4) is 0 Å². The summed E-state index contributed by atoms with van der Waals surface area (Å²) in [4.78, 5) is 22.9. The maximum absolute atomic E-state index is 11.7. The first kappa shape index (κ1) is 10.7. The number of rotatable bonds is 2. The number of esters is 1. The maximum atomic E-state index is 11.7. The average Bonchev–Trinajstić information content (AvgIpc) is 2.63. The van der Waals surface area contributed by atoms with Crippen LogP contribution in [0.4, 0.5) is 0 Å². The minimum atomic E-state index is -0.126. The number of carbonyl (C=O) groups is 2. The molecule has 0 radical (unpaired) electrons. The van der Waals surface area contributed by atoms with Crippen LogP contribution >= 0.6 is 0 Å². The second-order valence-electron chi connectivity index (χ2n) is 4.75. The second-order valence-corrected chi connectivity index (χ2v) is 4.75. The SMILES string of the molecule is COC(=O)CC1CC[C@H]2C(=O)CCC[C@@H]12. The first-order valence-corrected chi connectivity index (χ1v) is 5.82. The van der Waals surface area contributed by atoms with E-state index < -0.39 is 0 Å². The van der Waals surface area contributed by atoms with Gasteiger partial charge in [0.05, 0.1) is 7.11 Å². The maximum Gasteiger partial charge on any atom is 0.305 e. The Morgan fingerprint density at radius 2 is 2.20 bits per heavy atom. The Bertz CT molecular complexity index is 272. The topological polar surface area (TPSA) is 43.4 Å². The quantitative estimate of drug-likeness (QED) is 0.654. The summed E-state index contributed by atoms with van der Waals surface area (Å²) in [6, 6.07) is 0. The van der Waals surface area contributed by atoms with Crippen molar-refractivity contribution >= 4 is 11.8 Å². The summed E-state index contributed by atoms with van der Waals surface area (Å²) >= 11 is 0. The van der Waals surface area contributed by atoms with Crippen LogP contribution in [0, 0.1) is 17.8 Å². The van der Waals surface area contributed by atoms with Crippen LogP contribution < -0.4 is 0 Å². The molecule has 0 aromatic heterocycles. The largest absolute Gasteiger partial charge is 0.469 e. The first-order valence-electron chi connectivity index (χ1n) is 5.82. The van der Waals surface area contributed by atoms with Crippen molar-refractivity contribution in [2.24, 2.45) is 17.8 Å². The van der Waals surface area contributed by atoms with Crippen molar-refractivity contribution in [3.63, 3.8) is 0 Å². The van der Waals surface area contributed by atoms with Gasteiger partial charge in [-0.1, -0.05) is 0 Å². The molecule has 2 fully saturated rings. The molecular formula is C12H18O3. The summed E-state index contributed by atoms with van der Waals surface area (Å²) < 4.78 is 4.69. The van der Waals surface area contributed by atoms with Crippen molar-refractivity contribution in [1.29, 1.82) is 0 Å². The van der Waals surface area contributed by atoms with Crippen LogP contribution in [0.3, 0.4) is 0 Å². The number of fused-ring (bicyclic) bond motifs is 1. The normalized spacial score (nSPS) is 35.0. The number of Topliss-reactive ketones (excluding diaryl/α,β-unsaturated/α-hetero) is 1. The van der Waals surface area contributed by atoms with Gasteiger partial charge in [0.15, 0.2) is 0 Å². The Labute approximate surface area is 90.2 Å². The van der Waals surface area contributed by atoms with E-state index in [9.17, 15) is 9.59 Å². The average molecular weight is 210 g/mol. The lowest BCUT2D eigenvalue weighted by molar-refractivity contribution is -0.142. The molecule has 0 N–H and O–H groups in total. The Balaban J connectivity index is 1.98. The van der Waals surface area contributed by atoms with Crippen LogP contribution in [-0.2, 0) is 14.3 Å². The summed E-state index contributed by atoms with van der Waals surface area (Å²) in [7, 11) is 1.43. The summed E-state index contributed by atoms with van der Waals surface area (Å²) in [6.07, 6.45) is 5.41. The molecule has 0 saturated heterocycles. The van der Waals surface area contributed by atoms with E-state index in [2.05, 4.69) is 0 Å². The number of hydrogen-bond donors (Lipinski definition) is 0. The highest BCUT2D eigenvalue weighted by molar-refractivity contribution is 5.82. The van der Waals surface area contributed by atoms with Crippen LogP contribution in [0.2, 0.25) is 0 Å². The van der Waals surface area contributed by atoms with Gasteiger partial charge in [0.25, 0.3) is 0 Å². The molecule has 3 nitrogen and oxygen atoms in total. The van der Waals surface area contributed by atoms with Crippen molar-refractivity contribution in [1.82, 2.24) is 0 Å². The molecule has 0 aromatic carbocycles. The molecule has 0 aliphatic heterocycles. The van der Waals surface area contributed by atoms with Crippen molar-refractivity contribution in [2.45, 2.75) is 38.5 Å². The number of ketones is 1. The fraction of sp³-hybridized carbons (Fsp3) is 0.833. The predicted molar refractivity (Wildman–Crippen MR) is 55.2 cm³/mol. The molecule has 3 heteroatoms. The van der Waals surface area contributed by atoms with Gasteiger partial charge in [-0.3, -0.25) is 9.59 Å². The highest BCUT2D eigenvalue weighted by Crippen LogP contribution is 2.45. The molecule has 2 aliphatic carbocycles. The van der Waals surface area contributed by atoms with Gasteiger partial charge in [0, 0.05) is 18.8 Å². The molecule has 15 heavy (non-hydrogen) atoms. The number of ether oxygens (including phenoxy) is 1. The molecule has 0 amide bonds. The molecule has 3 atom stereocenters. The Morgan fingerprint density at radius 3 is 2.93 bits per heavy atom. The molecule has 0 spiro atoms. The molecule has 1 unspecified atom stereocenters. The molecule has 2 aliphatic rings. The lowest BCUT2D eigenvalue weighted by Gasteiger charge is -2.27. The monoisotopic (exact) mass is 210 g/mol. The van der Waals surface area contributed by atoms with Gasteiger partial charge >= 0.3 is 5.97 Å². The minimum Gasteiger partial charge on any atom is -0.469 e. The zero-order valence-corrected chi connectivity index (χ0v) is 9.20. The van der Waals surface area contributed by atoms with E-state index in [4.69, 9.17) is 4.74 Å². The van der Waals surface area contributed by atoms with E-state index in [1.165, 1.54) is 7.11 Å². The molecule has 0 bridgehead atoms. The Morgan fingerprint density at radius 1 is 1.40 bits per heavy atom. The smallest absolute Gasteiger partial charge is 0.305 e. The van der Waals surface area contributed by atoms with Crippen LogP contribution in [0.25, 0.3) is 0 Å². The van der Waals surface area contributed by atoms with E-state index in [0.29, 0.717) is 24.0 Å². The Hall–Kier alpha value is -0.860. The summed E-state index contributed by atoms with van der Waals surface area (Å²) in [6.45, 7) is 0. The van der Waals surface area contributed by atoms with E-state index in [0.717, 1.165) is 32.1 Å². The van der Waals surface area contributed by atoms with Gasteiger partial charge in [-0.25, -0.2) is 0 Å². The molecule has 84 valence electrons. The van der Waals surface area contributed by atoms with E-state index in [-0.39, 0.29) is 11.9 Å². The first-order chi connectivity index (χ1) is 7.22. The minimum absolute atomic E-state index is 0.126. The van der Waals surface area contributed by atoms with Crippen molar-refractivity contribution < 1.29 is 14.3 Å². The van der Waals surface area contributed by atoms with Crippen LogP contribution in [-0.4, -0.2) is 18.9 Å². The summed E-state index contributed by atoms with van der Waals surface area (Å²) in [5, 5.41) is 0. The van der Waals surface area contributed by atoms with Crippen LogP contribution in [0.15, 0.2) is 0 Å². The molecule has 2 saturated carbocycles. The van der Waals surface area contributed by atoms with Crippen molar-refractivity contribution in [3.05, 3.63) is 0 Å². The fourth-order valence-electron chi connectivity index (χ4n) is 3.24.